The number of nitrogens with zero attached hydrogens (tertiary/aromatic N) is 3. The number of hydrogen-bond acceptors (Lipinski definition) is 7. The van der Waals surface area contributed by atoms with Crippen LogP contribution in [0.1, 0.15) is 38.5 Å². The summed E-state index contributed by atoms with van der Waals surface area (Å²) in [7, 11) is -3.13. The van der Waals surface area contributed by atoms with Crippen LogP contribution >= 0.6 is 0 Å². The second-order valence-electron chi connectivity index (χ2n) is 7.46. The summed E-state index contributed by atoms with van der Waals surface area (Å²) in [5.74, 6) is 1.31. The van der Waals surface area contributed by atoms with Gasteiger partial charge in [0, 0.05) is 37.0 Å². The Bertz CT molecular complexity index is 724. The zero-order chi connectivity index (χ0) is 18.1. The van der Waals surface area contributed by atoms with Gasteiger partial charge in [-0.2, -0.15) is 4.31 Å². The van der Waals surface area contributed by atoms with E-state index < -0.39 is 10.0 Å². The molecule has 2 bridgehead atoms. The molecule has 0 aliphatic carbocycles. The van der Waals surface area contributed by atoms with Crippen LogP contribution in [-0.4, -0.2) is 66.4 Å². The molecule has 0 spiro atoms. The standard InChI is InChI=1S/C17H26N4O4S/c1-26(22,23)21-13-2-3-14(21)9-12(8-13)20-16-10-17(19-11-18-16)25-15-4-6-24-7-5-15/h10-15H,2-9H2,1H3,(H,18,19,20). The third kappa shape index (κ3) is 3.94. The average molecular weight is 382 g/mol. The largest absolute Gasteiger partial charge is 0.474 e. The molecule has 0 saturated carbocycles. The fraction of sp³-hybridized carbons (Fsp3) is 0.765. The third-order valence-corrected chi connectivity index (χ3v) is 6.86. The molecule has 9 heteroatoms. The Kier molecular flexibility index (Phi) is 5.02. The van der Waals surface area contributed by atoms with Gasteiger partial charge in [-0.15, -0.1) is 0 Å². The van der Waals surface area contributed by atoms with Crippen molar-refractivity contribution >= 4 is 15.8 Å². The number of anilines is 1. The van der Waals surface area contributed by atoms with Crippen molar-refractivity contribution in [3.63, 3.8) is 0 Å². The lowest BCUT2D eigenvalue weighted by Crippen LogP contribution is -2.49. The molecule has 0 amide bonds. The molecule has 3 fully saturated rings. The first-order valence-electron chi connectivity index (χ1n) is 9.30. The molecule has 4 rings (SSSR count). The number of fused-ring (bicyclic) bond motifs is 2. The van der Waals surface area contributed by atoms with E-state index in [1.165, 1.54) is 12.6 Å². The minimum atomic E-state index is -3.13. The van der Waals surface area contributed by atoms with Crippen molar-refractivity contribution in [1.82, 2.24) is 14.3 Å². The fourth-order valence-corrected chi connectivity index (χ4v) is 5.92. The maximum atomic E-state index is 12.0. The number of nitrogens with one attached hydrogen (secondary N) is 1. The molecule has 0 radical (unpaired) electrons. The lowest BCUT2D eigenvalue weighted by molar-refractivity contribution is 0.0237. The van der Waals surface area contributed by atoms with Gasteiger partial charge in [-0.25, -0.2) is 18.4 Å². The first-order chi connectivity index (χ1) is 12.5. The van der Waals surface area contributed by atoms with Crippen molar-refractivity contribution in [2.75, 3.05) is 24.8 Å². The quantitative estimate of drug-likeness (QED) is 0.823. The second-order valence-corrected chi connectivity index (χ2v) is 9.35. The highest BCUT2D eigenvalue weighted by atomic mass is 32.2. The highest BCUT2D eigenvalue weighted by Gasteiger charge is 2.45. The Balaban J connectivity index is 1.38. The maximum Gasteiger partial charge on any atom is 0.218 e. The van der Waals surface area contributed by atoms with Gasteiger partial charge < -0.3 is 14.8 Å². The number of sulfonamides is 1. The van der Waals surface area contributed by atoms with Gasteiger partial charge in [0.15, 0.2) is 0 Å². The summed E-state index contributed by atoms with van der Waals surface area (Å²) in [4.78, 5) is 8.52. The Morgan fingerprint density at radius 2 is 1.85 bits per heavy atom. The van der Waals surface area contributed by atoms with Crippen molar-refractivity contribution in [3.05, 3.63) is 12.4 Å². The molecule has 3 aliphatic rings. The van der Waals surface area contributed by atoms with E-state index in [9.17, 15) is 8.42 Å². The minimum Gasteiger partial charge on any atom is -0.474 e. The summed E-state index contributed by atoms with van der Waals surface area (Å²) in [5.41, 5.74) is 0. The molecular formula is C17H26N4O4S. The molecule has 2 atom stereocenters. The predicted molar refractivity (Wildman–Crippen MR) is 96.6 cm³/mol. The first-order valence-corrected chi connectivity index (χ1v) is 11.2. The van der Waals surface area contributed by atoms with E-state index in [1.807, 2.05) is 6.07 Å². The van der Waals surface area contributed by atoms with E-state index in [1.54, 1.807) is 4.31 Å². The van der Waals surface area contributed by atoms with E-state index >= 15 is 0 Å². The minimum absolute atomic E-state index is 0.0982. The molecular weight excluding hydrogens is 356 g/mol. The molecule has 3 aliphatic heterocycles. The smallest absolute Gasteiger partial charge is 0.218 e. The molecule has 1 aromatic heterocycles. The molecule has 1 N–H and O–H groups in total. The molecule has 1 aromatic rings. The summed E-state index contributed by atoms with van der Waals surface area (Å²) in [6, 6.07) is 2.25. The van der Waals surface area contributed by atoms with Gasteiger partial charge >= 0.3 is 0 Å². The highest BCUT2D eigenvalue weighted by Crippen LogP contribution is 2.38. The summed E-state index contributed by atoms with van der Waals surface area (Å²) in [6.45, 7) is 1.45. The van der Waals surface area contributed by atoms with Crippen LogP contribution < -0.4 is 10.1 Å². The predicted octanol–water partition coefficient (Wildman–Crippen LogP) is 1.40. The van der Waals surface area contributed by atoms with Gasteiger partial charge in [0.25, 0.3) is 0 Å². The molecule has 4 heterocycles. The first kappa shape index (κ1) is 17.9. The Morgan fingerprint density at radius 3 is 2.50 bits per heavy atom. The highest BCUT2D eigenvalue weighted by molar-refractivity contribution is 7.88. The molecule has 3 saturated heterocycles. The number of ether oxygens (including phenoxy) is 2. The molecule has 144 valence electrons. The molecule has 26 heavy (non-hydrogen) atoms. The van der Waals surface area contributed by atoms with Gasteiger partial charge in [-0.1, -0.05) is 0 Å². The van der Waals surface area contributed by atoms with Crippen molar-refractivity contribution in [3.8, 4) is 5.88 Å². The van der Waals surface area contributed by atoms with Gasteiger partial charge in [-0.3, -0.25) is 0 Å². The zero-order valence-electron chi connectivity index (χ0n) is 15.0. The fourth-order valence-electron chi connectivity index (χ4n) is 4.45. The Morgan fingerprint density at radius 1 is 1.15 bits per heavy atom. The van der Waals surface area contributed by atoms with Crippen LogP contribution in [0.4, 0.5) is 5.82 Å². The number of rotatable bonds is 5. The summed E-state index contributed by atoms with van der Waals surface area (Å²) < 4.78 is 37.0. The topological polar surface area (TPSA) is 93.7 Å². The van der Waals surface area contributed by atoms with Crippen molar-refractivity contribution in [1.29, 1.82) is 0 Å². The number of aromatic nitrogens is 2. The van der Waals surface area contributed by atoms with E-state index in [0.29, 0.717) is 5.88 Å². The van der Waals surface area contributed by atoms with Crippen LogP contribution in [0.15, 0.2) is 12.4 Å². The van der Waals surface area contributed by atoms with E-state index in [0.717, 1.165) is 57.6 Å². The normalized spacial score (nSPS) is 30.3. The lowest BCUT2D eigenvalue weighted by Gasteiger charge is -2.37. The lowest BCUT2D eigenvalue weighted by atomic mass is 10.00. The van der Waals surface area contributed by atoms with E-state index in [2.05, 4.69) is 15.3 Å². The van der Waals surface area contributed by atoms with Crippen molar-refractivity contribution < 1.29 is 17.9 Å². The van der Waals surface area contributed by atoms with Crippen LogP contribution in [-0.2, 0) is 14.8 Å². The summed E-state index contributed by atoms with van der Waals surface area (Å²) >= 11 is 0. The van der Waals surface area contributed by atoms with Crippen LogP contribution in [0, 0.1) is 0 Å². The Labute approximate surface area is 154 Å². The maximum absolute atomic E-state index is 12.0. The monoisotopic (exact) mass is 382 g/mol. The zero-order valence-corrected chi connectivity index (χ0v) is 15.8. The van der Waals surface area contributed by atoms with Gasteiger partial charge in [-0.05, 0) is 25.7 Å². The van der Waals surface area contributed by atoms with Gasteiger partial charge in [0.1, 0.15) is 18.2 Å². The third-order valence-electron chi connectivity index (χ3n) is 5.50. The average Bonchev–Trinajstić information content (AvgIpc) is 2.89. The van der Waals surface area contributed by atoms with Crippen LogP contribution in [0.2, 0.25) is 0 Å². The van der Waals surface area contributed by atoms with Crippen molar-refractivity contribution in [2.45, 2.75) is 62.8 Å². The van der Waals surface area contributed by atoms with Gasteiger partial charge in [0.2, 0.25) is 15.9 Å². The molecule has 2 unspecified atom stereocenters. The Hall–Kier alpha value is -1.45. The SMILES string of the molecule is CS(=O)(=O)N1C2CCC1CC(Nc1cc(OC3CCOCC3)ncn1)C2. The van der Waals surface area contributed by atoms with Crippen LogP contribution in [0.25, 0.3) is 0 Å². The van der Waals surface area contributed by atoms with Crippen LogP contribution in [0.5, 0.6) is 5.88 Å². The summed E-state index contributed by atoms with van der Waals surface area (Å²) in [5, 5.41) is 3.45. The molecule has 0 aromatic carbocycles. The van der Waals surface area contributed by atoms with E-state index in [4.69, 9.17) is 9.47 Å². The van der Waals surface area contributed by atoms with Crippen molar-refractivity contribution in [2.24, 2.45) is 0 Å². The number of hydrogen-bond donors (Lipinski definition) is 1. The second kappa shape index (κ2) is 7.28. The molecule has 8 nitrogen and oxygen atoms in total. The van der Waals surface area contributed by atoms with Crippen LogP contribution in [0.3, 0.4) is 0 Å². The summed E-state index contributed by atoms with van der Waals surface area (Å²) in [6.07, 6.45) is 8.22. The van der Waals surface area contributed by atoms with Gasteiger partial charge in [0.05, 0.1) is 19.5 Å². The number of piperidine rings is 1. The van der Waals surface area contributed by atoms with E-state index in [-0.39, 0.29) is 24.2 Å².